The minimum atomic E-state index is -0.470. The number of nitrogens with two attached hydrogens (primary N) is 1. The highest BCUT2D eigenvalue weighted by Gasteiger charge is 2.33. The van der Waals surface area contributed by atoms with Gasteiger partial charge in [0.1, 0.15) is 17.4 Å². The predicted molar refractivity (Wildman–Crippen MR) is 70.9 cm³/mol. The van der Waals surface area contributed by atoms with E-state index in [4.69, 9.17) is 18.0 Å². The van der Waals surface area contributed by atoms with Crippen LogP contribution in [0, 0.1) is 5.82 Å². The van der Waals surface area contributed by atoms with Crippen molar-refractivity contribution in [3.05, 3.63) is 35.1 Å². The number of halogens is 1. The molecule has 5 nitrogen and oxygen atoms in total. The molecular formula is C12H12FN3O2S. The zero-order valence-electron chi connectivity index (χ0n) is 10.2. The molecule has 1 aliphatic rings. The van der Waals surface area contributed by atoms with Crippen molar-refractivity contribution < 1.29 is 14.0 Å². The van der Waals surface area contributed by atoms with Crippen LogP contribution in [0.2, 0.25) is 0 Å². The number of nitrogens with zero attached hydrogens (tertiary/aromatic N) is 2. The number of thiocarbonyl (C=S) groups is 1. The van der Waals surface area contributed by atoms with E-state index >= 15 is 0 Å². The Bertz CT molecular complexity index is 576. The molecule has 0 bridgehead atoms. The normalized spacial score (nSPS) is 15.3. The lowest BCUT2D eigenvalue weighted by atomic mass is 10.1. The van der Waals surface area contributed by atoms with Crippen LogP contribution in [0.25, 0.3) is 0 Å². The van der Waals surface area contributed by atoms with Crippen molar-refractivity contribution in [2.24, 2.45) is 5.73 Å². The van der Waals surface area contributed by atoms with Gasteiger partial charge in [0.25, 0.3) is 5.91 Å². The fourth-order valence-electron chi connectivity index (χ4n) is 1.93. The van der Waals surface area contributed by atoms with Crippen molar-refractivity contribution in [1.29, 1.82) is 0 Å². The first-order valence-corrected chi connectivity index (χ1v) is 5.94. The van der Waals surface area contributed by atoms with E-state index in [9.17, 15) is 14.0 Å². The first kappa shape index (κ1) is 13.4. The van der Waals surface area contributed by atoms with E-state index in [0.717, 1.165) is 4.90 Å². The summed E-state index contributed by atoms with van der Waals surface area (Å²) < 4.78 is 13.3. The zero-order valence-corrected chi connectivity index (χ0v) is 11.0. The van der Waals surface area contributed by atoms with Gasteiger partial charge in [0, 0.05) is 12.6 Å². The lowest BCUT2D eigenvalue weighted by Crippen LogP contribution is -2.32. The summed E-state index contributed by atoms with van der Waals surface area (Å²) in [6.07, 6.45) is 0. The summed E-state index contributed by atoms with van der Waals surface area (Å²) >= 11 is 4.87. The second-order valence-electron chi connectivity index (χ2n) is 4.28. The fraction of sp³-hybridized carbons (Fsp3) is 0.250. The van der Waals surface area contributed by atoms with E-state index < -0.39 is 11.8 Å². The van der Waals surface area contributed by atoms with Gasteiger partial charge in [0.2, 0.25) is 0 Å². The van der Waals surface area contributed by atoms with Crippen molar-refractivity contribution in [1.82, 2.24) is 9.80 Å². The van der Waals surface area contributed by atoms with Gasteiger partial charge in [-0.25, -0.2) is 9.18 Å². The maximum atomic E-state index is 13.3. The Kier molecular flexibility index (Phi) is 3.48. The minimum absolute atomic E-state index is 0.0244. The van der Waals surface area contributed by atoms with E-state index in [-0.39, 0.29) is 24.0 Å². The lowest BCUT2D eigenvalue weighted by molar-refractivity contribution is -0.125. The number of urea groups is 1. The molecule has 2 rings (SSSR count). The molecule has 0 unspecified atom stereocenters. The molecule has 0 radical (unpaired) electrons. The molecule has 19 heavy (non-hydrogen) atoms. The van der Waals surface area contributed by atoms with E-state index in [1.807, 2.05) is 0 Å². The summed E-state index contributed by atoms with van der Waals surface area (Å²) in [5.74, 6) is -0.798. The van der Waals surface area contributed by atoms with Gasteiger partial charge in [0.15, 0.2) is 0 Å². The molecule has 0 spiro atoms. The Hall–Kier alpha value is -2.02. The standard InChI is InChI=1S/C12H12FN3O2S/c1-15-6-10(17)16(12(15)18)5-7-4-8(13)2-3-9(7)11(14)19/h2-4H,5-6H2,1H3,(H2,14,19). The first-order chi connectivity index (χ1) is 8.90. The molecule has 1 fully saturated rings. The maximum absolute atomic E-state index is 13.3. The largest absolute Gasteiger partial charge is 0.389 e. The van der Waals surface area contributed by atoms with Crippen LogP contribution in [0.5, 0.6) is 0 Å². The van der Waals surface area contributed by atoms with Gasteiger partial charge in [-0.05, 0) is 23.8 Å². The SMILES string of the molecule is CN1CC(=O)N(Cc2cc(F)ccc2C(N)=S)C1=O. The molecule has 0 aliphatic carbocycles. The average molecular weight is 281 g/mol. The molecule has 3 amide bonds. The van der Waals surface area contributed by atoms with Gasteiger partial charge in [-0.3, -0.25) is 9.69 Å². The van der Waals surface area contributed by atoms with Crippen LogP contribution >= 0.6 is 12.2 Å². The van der Waals surface area contributed by atoms with Gasteiger partial charge < -0.3 is 10.6 Å². The highest BCUT2D eigenvalue weighted by atomic mass is 32.1. The van der Waals surface area contributed by atoms with Crippen LogP contribution in [-0.4, -0.2) is 40.3 Å². The van der Waals surface area contributed by atoms with Crippen molar-refractivity contribution >= 4 is 29.1 Å². The smallest absolute Gasteiger partial charge is 0.327 e. The third kappa shape index (κ3) is 2.55. The van der Waals surface area contributed by atoms with Gasteiger partial charge >= 0.3 is 6.03 Å². The van der Waals surface area contributed by atoms with Gasteiger partial charge in [-0.1, -0.05) is 12.2 Å². The number of rotatable bonds is 3. The van der Waals surface area contributed by atoms with Crippen LogP contribution < -0.4 is 5.73 Å². The molecule has 100 valence electrons. The van der Waals surface area contributed by atoms with Crippen molar-refractivity contribution in [2.75, 3.05) is 13.6 Å². The number of benzene rings is 1. The quantitative estimate of drug-likeness (QED) is 0.659. The molecule has 7 heteroatoms. The molecular weight excluding hydrogens is 269 g/mol. The number of hydrogen-bond donors (Lipinski definition) is 1. The summed E-state index contributed by atoms with van der Waals surface area (Å²) in [6, 6.07) is 3.50. The Labute approximate surface area is 114 Å². The molecule has 1 aromatic carbocycles. The minimum Gasteiger partial charge on any atom is -0.389 e. The second kappa shape index (κ2) is 4.93. The van der Waals surface area contributed by atoms with Crippen LogP contribution in [0.3, 0.4) is 0 Å². The molecule has 1 saturated heterocycles. The Morgan fingerprint density at radius 3 is 2.68 bits per heavy atom. The van der Waals surface area contributed by atoms with E-state index in [1.165, 1.54) is 30.1 Å². The van der Waals surface area contributed by atoms with Gasteiger partial charge in [-0.15, -0.1) is 0 Å². The number of hydrogen-bond acceptors (Lipinski definition) is 3. The average Bonchev–Trinajstić information content (AvgIpc) is 2.56. The number of amides is 3. The van der Waals surface area contributed by atoms with Crippen LogP contribution in [0.1, 0.15) is 11.1 Å². The van der Waals surface area contributed by atoms with E-state index in [1.54, 1.807) is 0 Å². The number of carbonyl (C=O) groups is 2. The van der Waals surface area contributed by atoms with Crippen LogP contribution in [-0.2, 0) is 11.3 Å². The maximum Gasteiger partial charge on any atom is 0.327 e. The van der Waals surface area contributed by atoms with Crippen molar-refractivity contribution in [2.45, 2.75) is 6.54 Å². The molecule has 1 aliphatic heterocycles. The third-order valence-corrected chi connectivity index (χ3v) is 3.11. The molecule has 2 N–H and O–H groups in total. The molecule has 0 aromatic heterocycles. The van der Waals surface area contributed by atoms with Gasteiger partial charge in [-0.2, -0.15) is 0 Å². The molecule has 1 aromatic rings. The number of carbonyl (C=O) groups excluding carboxylic acids is 2. The van der Waals surface area contributed by atoms with E-state index in [0.29, 0.717) is 11.1 Å². The second-order valence-corrected chi connectivity index (χ2v) is 4.72. The summed E-state index contributed by atoms with van der Waals surface area (Å²) in [4.78, 5) is 25.9. The first-order valence-electron chi connectivity index (χ1n) is 5.54. The predicted octanol–water partition coefficient (Wildman–Crippen LogP) is 0.854. The topological polar surface area (TPSA) is 66.6 Å². The summed E-state index contributed by atoms with van der Waals surface area (Å²) in [6.45, 7) is -0.0109. The van der Waals surface area contributed by atoms with E-state index in [2.05, 4.69) is 0 Å². The fourth-order valence-corrected chi connectivity index (χ4v) is 2.13. The molecule has 1 heterocycles. The summed E-state index contributed by atoms with van der Waals surface area (Å²) in [7, 11) is 1.53. The molecule has 0 saturated carbocycles. The number of likely N-dealkylation sites (N-methyl/N-ethyl adjacent to an activating group) is 1. The highest BCUT2D eigenvalue weighted by Crippen LogP contribution is 2.18. The van der Waals surface area contributed by atoms with Gasteiger partial charge in [0.05, 0.1) is 6.54 Å². The summed E-state index contributed by atoms with van der Waals surface area (Å²) in [5.41, 5.74) is 6.43. The lowest BCUT2D eigenvalue weighted by Gasteiger charge is -2.16. The Morgan fingerprint density at radius 2 is 2.16 bits per heavy atom. The Balaban J connectivity index is 2.33. The van der Waals surface area contributed by atoms with Crippen molar-refractivity contribution in [3.8, 4) is 0 Å². The Morgan fingerprint density at radius 1 is 1.47 bits per heavy atom. The third-order valence-electron chi connectivity index (χ3n) is 2.89. The zero-order chi connectivity index (χ0) is 14.2. The highest BCUT2D eigenvalue weighted by molar-refractivity contribution is 7.80. The monoisotopic (exact) mass is 281 g/mol. The number of imide groups is 1. The summed E-state index contributed by atoms with van der Waals surface area (Å²) in [5, 5.41) is 0. The van der Waals surface area contributed by atoms with Crippen LogP contribution in [0.15, 0.2) is 18.2 Å². The molecule has 0 atom stereocenters. The van der Waals surface area contributed by atoms with Crippen molar-refractivity contribution in [3.63, 3.8) is 0 Å². The van der Waals surface area contributed by atoms with Crippen LogP contribution in [0.4, 0.5) is 9.18 Å².